The van der Waals surface area contributed by atoms with E-state index in [4.69, 9.17) is 4.74 Å². The lowest BCUT2D eigenvalue weighted by atomic mass is 9.78. The standard InChI is InChI=1S/C20H22NO3S/c1-20(14-16-6-4-3-5-7-16)15-21-13-12-19(20)25(22,23)18-10-8-17(24-2)9-11-18/h3-11,13,19H,1,12,14-15H2,2H3/t19?,20-/m1/s1. The Morgan fingerprint density at radius 2 is 1.84 bits per heavy atom. The third kappa shape index (κ3) is 3.61. The quantitative estimate of drug-likeness (QED) is 0.825. The van der Waals surface area contributed by atoms with Crippen molar-refractivity contribution in [2.75, 3.05) is 13.7 Å². The molecule has 0 saturated heterocycles. The molecule has 4 nitrogen and oxygen atoms in total. The first-order chi connectivity index (χ1) is 12.0. The van der Waals surface area contributed by atoms with Crippen LogP contribution in [0.1, 0.15) is 12.0 Å². The molecule has 1 aliphatic heterocycles. The molecule has 0 spiro atoms. The van der Waals surface area contributed by atoms with Crippen LogP contribution in [0.5, 0.6) is 5.75 Å². The molecule has 0 aromatic heterocycles. The number of methoxy groups -OCH3 is 1. The first kappa shape index (κ1) is 17.7. The highest BCUT2D eigenvalue weighted by atomic mass is 32.2. The number of sulfone groups is 1. The van der Waals surface area contributed by atoms with E-state index in [1.807, 2.05) is 30.3 Å². The first-order valence-corrected chi connectivity index (χ1v) is 9.76. The van der Waals surface area contributed by atoms with Crippen LogP contribution >= 0.6 is 0 Å². The van der Waals surface area contributed by atoms with Gasteiger partial charge in [0.05, 0.1) is 17.3 Å². The van der Waals surface area contributed by atoms with Crippen LogP contribution in [-0.2, 0) is 16.3 Å². The van der Waals surface area contributed by atoms with Gasteiger partial charge in [0, 0.05) is 24.6 Å². The lowest BCUT2D eigenvalue weighted by Gasteiger charge is -2.38. The van der Waals surface area contributed by atoms with Gasteiger partial charge in [0.2, 0.25) is 0 Å². The number of hydrogen-bond donors (Lipinski definition) is 0. The third-order valence-corrected chi connectivity index (χ3v) is 7.07. The maximum absolute atomic E-state index is 13.3. The Kier molecular flexibility index (Phi) is 4.95. The highest BCUT2D eigenvalue weighted by molar-refractivity contribution is 7.92. The van der Waals surface area contributed by atoms with E-state index in [0.717, 1.165) is 5.56 Å². The third-order valence-electron chi connectivity index (χ3n) is 4.70. The summed E-state index contributed by atoms with van der Waals surface area (Å²) in [5.41, 5.74) is 0.388. The SMILES string of the molecule is [CH2][C@@]1(Cc2ccccc2)CN=CCC1S(=O)(=O)c1ccc(OC)cc1. The van der Waals surface area contributed by atoms with Crippen LogP contribution < -0.4 is 4.74 Å². The van der Waals surface area contributed by atoms with Crippen LogP contribution in [0, 0.1) is 12.3 Å². The van der Waals surface area contributed by atoms with Crippen molar-refractivity contribution in [3.8, 4) is 5.75 Å². The summed E-state index contributed by atoms with van der Waals surface area (Å²) in [6.07, 6.45) is 2.66. The van der Waals surface area contributed by atoms with E-state index in [1.54, 1.807) is 37.6 Å². The topological polar surface area (TPSA) is 55.7 Å². The number of benzene rings is 2. The predicted octanol–water partition coefficient (Wildman–Crippen LogP) is 3.38. The van der Waals surface area contributed by atoms with E-state index >= 15 is 0 Å². The fraction of sp³-hybridized carbons (Fsp3) is 0.300. The molecular weight excluding hydrogens is 334 g/mol. The summed E-state index contributed by atoms with van der Waals surface area (Å²) < 4.78 is 31.6. The van der Waals surface area contributed by atoms with Crippen molar-refractivity contribution < 1.29 is 13.2 Å². The Morgan fingerprint density at radius 3 is 2.48 bits per heavy atom. The molecule has 0 aliphatic carbocycles. The minimum Gasteiger partial charge on any atom is -0.497 e. The Labute approximate surface area is 149 Å². The van der Waals surface area contributed by atoms with Gasteiger partial charge in [0.25, 0.3) is 0 Å². The van der Waals surface area contributed by atoms with Crippen molar-refractivity contribution in [3.05, 3.63) is 67.1 Å². The molecule has 0 bridgehead atoms. The Morgan fingerprint density at radius 1 is 1.16 bits per heavy atom. The van der Waals surface area contributed by atoms with E-state index in [1.165, 1.54) is 0 Å². The van der Waals surface area contributed by atoms with Crippen molar-refractivity contribution in [3.63, 3.8) is 0 Å². The number of rotatable bonds is 5. The number of nitrogens with zero attached hydrogens (tertiary/aromatic N) is 1. The second-order valence-electron chi connectivity index (χ2n) is 6.49. The molecule has 0 N–H and O–H groups in total. The summed E-state index contributed by atoms with van der Waals surface area (Å²) in [5.74, 6) is 0.634. The number of ether oxygens (including phenoxy) is 1. The normalized spacial score (nSPS) is 23.4. The molecule has 1 aliphatic rings. The van der Waals surface area contributed by atoms with Crippen molar-refractivity contribution in [2.24, 2.45) is 10.4 Å². The van der Waals surface area contributed by atoms with Crippen LogP contribution in [0.2, 0.25) is 0 Å². The van der Waals surface area contributed by atoms with Gasteiger partial charge < -0.3 is 4.74 Å². The van der Waals surface area contributed by atoms with Gasteiger partial charge in [-0.15, -0.1) is 0 Å². The highest BCUT2D eigenvalue weighted by Gasteiger charge is 2.44. The molecule has 1 radical (unpaired) electrons. The molecule has 5 heteroatoms. The average molecular weight is 356 g/mol. The Bertz CT molecular complexity index is 844. The van der Waals surface area contributed by atoms with Gasteiger partial charge in [-0.05, 0) is 43.2 Å². The maximum Gasteiger partial charge on any atom is 0.182 e. The molecule has 2 aromatic rings. The first-order valence-electron chi connectivity index (χ1n) is 8.21. The summed E-state index contributed by atoms with van der Waals surface area (Å²) in [6, 6.07) is 16.4. The lowest BCUT2D eigenvalue weighted by molar-refractivity contribution is 0.351. The number of hydrogen-bond acceptors (Lipinski definition) is 4. The lowest BCUT2D eigenvalue weighted by Crippen LogP contribution is -2.45. The summed E-state index contributed by atoms with van der Waals surface area (Å²) >= 11 is 0. The zero-order valence-corrected chi connectivity index (χ0v) is 15.1. The molecule has 2 aromatic carbocycles. The van der Waals surface area contributed by atoms with E-state index in [2.05, 4.69) is 11.9 Å². The van der Waals surface area contributed by atoms with E-state index < -0.39 is 20.5 Å². The molecule has 2 atom stereocenters. The van der Waals surface area contributed by atoms with Crippen molar-refractivity contribution in [1.29, 1.82) is 0 Å². The van der Waals surface area contributed by atoms with Gasteiger partial charge in [-0.3, -0.25) is 4.99 Å². The van der Waals surface area contributed by atoms with Crippen LogP contribution in [-0.4, -0.2) is 33.5 Å². The Hall–Kier alpha value is -2.14. The van der Waals surface area contributed by atoms with Gasteiger partial charge in [-0.25, -0.2) is 8.42 Å². The summed E-state index contributed by atoms with van der Waals surface area (Å²) in [4.78, 5) is 4.64. The van der Waals surface area contributed by atoms with Crippen LogP contribution in [0.3, 0.4) is 0 Å². The zero-order valence-electron chi connectivity index (χ0n) is 14.3. The summed E-state index contributed by atoms with van der Waals surface area (Å²) in [6.45, 7) is 4.72. The molecule has 25 heavy (non-hydrogen) atoms. The van der Waals surface area contributed by atoms with E-state index in [0.29, 0.717) is 30.0 Å². The number of aliphatic imine (C=N–C) groups is 1. The highest BCUT2D eigenvalue weighted by Crippen LogP contribution is 2.38. The molecular formula is C20H22NO3S. The molecule has 0 amide bonds. The summed E-state index contributed by atoms with van der Waals surface area (Å²) in [7, 11) is -1.97. The zero-order chi connectivity index (χ0) is 17.9. The average Bonchev–Trinajstić information content (AvgIpc) is 2.62. The molecule has 1 unspecified atom stereocenters. The molecule has 0 saturated carbocycles. The smallest absolute Gasteiger partial charge is 0.182 e. The monoisotopic (exact) mass is 356 g/mol. The van der Waals surface area contributed by atoms with Crippen molar-refractivity contribution in [1.82, 2.24) is 0 Å². The molecule has 3 rings (SSSR count). The van der Waals surface area contributed by atoms with Crippen molar-refractivity contribution >= 4 is 16.1 Å². The minimum absolute atomic E-state index is 0.301. The van der Waals surface area contributed by atoms with Crippen molar-refractivity contribution in [2.45, 2.75) is 23.0 Å². The predicted molar refractivity (Wildman–Crippen MR) is 99.9 cm³/mol. The van der Waals surface area contributed by atoms with Gasteiger partial charge in [-0.1, -0.05) is 30.3 Å². The maximum atomic E-state index is 13.3. The second-order valence-corrected chi connectivity index (χ2v) is 8.62. The van der Waals surface area contributed by atoms with Crippen LogP contribution in [0.4, 0.5) is 0 Å². The van der Waals surface area contributed by atoms with Gasteiger partial charge >= 0.3 is 0 Å². The van der Waals surface area contributed by atoms with Gasteiger partial charge in [0.1, 0.15) is 5.75 Å². The molecule has 131 valence electrons. The van der Waals surface area contributed by atoms with E-state index in [9.17, 15) is 8.42 Å². The summed E-state index contributed by atoms with van der Waals surface area (Å²) in [5, 5.41) is -0.605. The fourth-order valence-electron chi connectivity index (χ4n) is 3.33. The largest absolute Gasteiger partial charge is 0.497 e. The Balaban J connectivity index is 1.95. The van der Waals surface area contributed by atoms with Crippen LogP contribution in [0.25, 0.3) is 0 Å². The van der Waals surface area contributed by atoms with E-state index in [-0.39, 0.29) is 0 Å². The second kappa shape index (κ2) is 7.00. The fourth-order valence-corrected chi connectivity index (χ4v) is 5.33. The van der Waals surface area contributed by atoms with Gasteiger partial charge in [-0.2, -0.15) is 0 Å². The van der Waals surface area contributed by atoms with Gasteiger partial charge in [0.15, 0.2) is 9.84 Å². The molecule has 1 heterocycles. The van der Waals surface area contributed by atoms with Crippen LogP contribution in [0.15, 0.2) is 64.5 Å². The molecule has 0 fully saturated rings. The minimum atomic E-state index is -3.52.